The third-order valence-electron chi connectivity index (χ3n) is 7.28. The van der Waals surface area contributed by atoms with E-state index in [0.717, 1.165) is 60.7 Å². The molecule has 2 atom stereocenters. The maximum Gasteiger partial charge on any atom is 0.348 e. The number of rotatable bonds is 10. The SMILES string of the molecule is O=C(/C=C/c1ccc(O)c(O)c1)OC1CC(OC(=O)/C=C/c2ccc(O)c(O)c2)(C(=O)O)CC(OC(=O)/C=C/c2ccc(O)c(O)c2)C1O. The molecule has 0 saturated heterocycles. The van der Waals surface area contributed by atoms with E-state index in [4.69, 9.17) is 14.2 Å². The third-order valence-corrected chi connectivity index (χ3v) is 7.28. The fourth-order valence-electron chi connectivity index (χ4n) is 4.77. The lowest BCUT2D eigenvalue weighted by Gasteiger charge is -2.42. The number of aliphatic hydroxyl groups is 1. The molecule has 3 aromatic rings. The maximum atomic E-state index is 12.8. The van der Waals surface area contributed by atoms with Gasteiger partial charge in [0, 0.05) is 31.1 Å². The molecule has 1 fully saturated rings. The van der Waals surface area contributed by atoms with Gasteiger partial charge in [-0.1, -0.05) is 18.2 Å². The molecule has 0 heterocycles. The van der Waals surface area contributed by atoms with Crippen molar-refractivity contribution in [2.24, 2.45) is 0 Å². The Hall–Kier alpha value is -6.48. The van der Waals surface area contributed by atoms with Gasteiger partial charge < -0.3 is 55.1 Å². The van der Waals surface area contributed by atoms with E-state index in [9.17, 15) is 60.0 Å². The Bertz CT molecular complexity index is 1760. The maximum absolute atomic E-state index is 12.8. The number of phenolic OH excluding ortho intramolecular Hbond substituents is 6. The molecule has 2 unspecified atom stereocenters. The minimum Gasteiger partial charge on any atom is -0.504 e. The molecule has 1 aliphatic carbocycles. The van der Waals surface area contributed by atoms with Crippen LogP contribution in [0.25, 0.3) is 18.2 Å². The van der Waals surface area contributed by atoms with Gasteiger partial charge in [-0.05, 0) is 71.3 Å². The summed E-state index contributed by atoms with van der Waals surface area (Å²) in [6.07, 6.45) is -0.661. The minimum absolute atomic E-state index is 0.233. The van der Waals surface area contributed by atoms with Crippen molar-refractivity contribution in [1.82, 2.24) is 0 Å². The first-order valence-corrected chi connectivity index (χ1v) is 14.3. The van der Waals surface area contributed by atoms with E-state index in [1.54, 1.807) is 0 Å². The number of benzene rings is 3. The molecule has 1 aliphatic rings. The number of carbonyl (C=O) groups excluding carboxylic acids is 3. The van der Waals surface area contributed by atoms with E-state index < -0.39 is 95.1 Å². The number of carboxylic acid groups (broad SMARTS) is 1. The number of aliphatic carboxylic acids is 1. The lowest BCUT2D eigenvalue weighted by molar-refractivity contribution is -0.211. The van der Waals surface area contributed by atoms with E-state index in [0.29, 0.717) is 0 Å². The number of phenols is 6. The van der Waals surface area contributed by atoms with Gasteiger partial charge in [0.25, 0.3) is 0 Å². The Balaban J connectivity index is 1.58. The number of carboxylic acids is 1. The van der Waals surface area contributed by atoms with Crippen LogP contribution in [0.15, 0.2) is 72.8 Å². The molecule has 3 aromatic carbocycles. The highest BCUT2D eigenvalue weighted by Crippen LogP contribution is 2.37. The average Bonchev–Trinajstić information content (AvgIpc) is 3.04. The van der Waals surface area contributed by atoms with Gasteiger partial charge in [0.1, 0.15) is 18.3 Å². The summed E-state index contributed by atoms with van der Waals surface area (Å²) in [6.45, 7) is 0. The first-order valence-electron chi connectivity index (χ1n) is 14.3. The number of hydrogen-bond acceptors (Lipinski definition) is 14. The molecule has 1 saturated carbocycles. The molecule has 0 radical (unpaired) electrons. The molecule has 0 spiro atoms. The highest BCUT2D eigenvalue weighted by Gasteiger charge is 2.55. The molecule has 8 N–H and O–H groups in total. The van der Waals surface area contributed by atoms with Gasteiger partial charge in [-0.25, -0.2) is 19.2 Å². The summed E-state index contributed by atoms with van der Waals surface area (Å²) in [5.41, 5.74) is -1.75. The Labute approximate surface area is 277 Å². The van der Waals surface area contributed by atoms with Crippen LogP contribution in [0.4, 0.5) is 0 Å². The van der Waals surface area contributed by atoms with Crippen molar-refractivity contribution in [2.45, 2.75) is 36.8 Å². The summed E-state index contributed by atoms with van der Waals surface area (Å²) in [5, 5.41) is 78.8. The summed E-state index contributed by atoms with van der Waals surface area (Å²) in [7, 11) is 0. The minimum atomic E-state index is -2.51. The van der Waals surface area contributed by atoms with Crippen LogP contribution in [-0.4, -0.2) is 88.6 Å². The van der Waals surface area contributed by atoms with Crippen molar-refractivity contribution in [1.29, 1.82) is 0 Å². The molecule has 49 heavy (non-hydrogen) atoms. The normalized spacial score (nSPS) is 20.7. The predicted octanol–water partition coefficient (Wildman–Crippen LogP) is 2.71. The zero-order valence-corrected chi connectivity index (χ0v) is 25.2. The smallest absolute Gasteiger partial charge is 0.348 e. The lowest BCUT2D eigenvalue weighted by atomic mass is 9.79. The second-order valence-corrected chi connectivity index (χ2v) is 10.8. The van der Waals surface area contributed by atoms with Crippen LogP contribution in [-0.2, 0) is 33.4 Å². The highest BCUT2D eigenvalue weighted by atomic mass is 16.6. The quantitative estimate of drug-likeness (QED) is 0.0664. The molecular formula is C34H30O15. The van der Waals surface area contributed by atoms with Crippen molar-refractivity contribution in [3.8, 4) is 34.5 Å². The van der Waals surface area contributed by atoms with E-state index in [1.807, 2.05) is 0 Å². The number of ether oxygens (including phenoxy) is 3. The molecular weight excluding hydrogens is 648 g/mol. The fraction of sp³-hybridized carbons (Fsp3) is 0.176. The predicted molar refractivity (Wildman–Crippen MR) is 168 cm³/mol. The molecule has 4 rings (SSSR count). The molecule has 0 bridgehead atoms. The van der Waals surface area contributed by atoms with Gasteiger partial charge in [-0.2, -0.15) is 0 Å². The number of carbonyl (C=O) groups is 4. The summed E-state index contributed by atoms with van der Waals surface area (Å²) >= 11 is 0. The molecule has 0 amide bonds. The first kappa shape index (κ1) is 35.4. The molecule has 15 heteroatoms. The van der Waals surface area contributed by atoms with Crippen LogP contribution in [0.3, 0.4) is 0 Å². The van der Waals surface area contributed by atoms with E-state index in [2.05, 4.69) is 0 Å². The van der Waals surface area contributed by atoms with Crippen LogP contribution >= 0.6 is 0 Å². The zero-order chi connectivity index (χ0) is 35.9. The third kappa shape index (κ3) is 9.08. The summed E-state index contributed by atoms with van der Waals surface area (Å²) in [5.74, 6) is -7.79. The number of aliphatic hydroxyl groups excluding tert-OH is 1. The van der Waals surface area contributed by atoms with Crippen LogP contribution < -0.4 is 0 Å². The van der Waals surface area contributed by atoms with Gasteiger partial charge in [-0.15, -0.1) is 0 Å². The van der Waals surface area contributed by atoms with Crippen LogP contribution in [0, 0.1) is 0 Å². The van der Waals surface area contributed by atoms with Crippen molar-refractivity contribution in [3.05, 3.63) is 89.5 Å². The Kier molecular flexibility index (Phi) is 10.8. The lowest BCUT2D eigenvalue weighted by Crippen LogP contribution is -2.59. The molecule has 15 nitrogen and oxygen atoms in total. The molecule has 256 valence electrons. The van der Waals surface area contributed by atoms with Crippen molar-refractivity contribution >= 4 is 42.1 Å². The van der Waals surface area contributed by atoms with Crippen LogP contribution in [0.1, 0.15) is 29.5 Å². The summed E-state index contributed by atoms with van der Waals surface area (Å²) in [6, 6.07) is 10.9. The first-order chi connectivity index (χ1) is 23.2. The van der Waals surface area contributed by atoms with Gasteiger partial charge in [0.2, 0.25) is 5.60 Å². The molecule has 0 aromatic heterocycles. The van der Waals surface area contributed by atoms with Crippen molar-refractivity contribution in [2.75, 3.05) is 0 Å². The van der Waals surface area contributed by atoms with E-state index in [-0.39, 0.29) is 16.7 Å². The Morgan fingerprint density at radius 1 is 0.571 bits per heavy atom. The standard InChI is InChI=1S/C34H30O15/c35-21-7-1-18(13-24(21)38)4-10-29(41)47-27-16-34(33(45)46,49-31(43)12-6-20-3-9-23(37)26(40)15-20)17-28(32(27)44)48-30(42)11-5-19-2-8-22(36)25(39)14-19/h1-15,27-28,32,35-40,44H,16-17H2,(H,45,46)/b10-4+,11-5+,12-6+. The van der Waals surface area contributed by atoms with Gasteiger partial charge in [0.05, 0.1) is 0 Å². The monoisotopic (exact) mass is 678 g/mol. The molecule has 0 aliphatic heterocycles. The average molecular weight is 679 g/mol. The van der Waals surface area contributed by atoms with Crippen molar-refractivity contribution in [3.63, 3.8) is 0 Å². The Morgan fingerprint density at radius 3 is 1.24 bits per heavy atom. The largest absolute Gasteiger partial charge is 0.504 e. The number of aromatic hydroxyl groups is 6. The number of esters is 3. The highest BCUT2D eigenvalue weighted by molar-refractivity contribution is 5.91. The summed E-state index contributed by atoms with van der Waals surface area (Å²) in [4.78, 5) is 51.0. The van der Waals surface area contributed by atoms with Gasteiger partial charge in [-0.3, -0.25) is 0 Å². The van der Waals surface area contributed by atoms with E-state index >= 15 is 0 Å². The van der Waals surface area contributed by atoms with Gasteiger partial charge in [0.15, 0.2) is 34.5 Å². The van der Waals surface area contributed by atoms with Crippen LogP contribution in [0.5, 0.6) is 34.5 Å². The Morgan fingerprint density at radius 2 is 0.918 bits per heavy atom. The summed E-state index contributed by atoms with van der Waals surface area (Å²) < 4.78 is 16.0. The second kappa shape index (κ2) is 15.0. The van der Waals surface area contributed by atoms with Gasteiger partial charge >= 0.3 is 23.9 Å². The fourth-order valence-corrected chi connectivity index (χ4v) is 4.77. The number of hydrogen-bond donors (Lipinski definition) is 8. The van der Waals surface area contributed by atoms with E-state index in [1.165, 1.54) is 30.4 Å². The van der Waals surface area contributed by atoms with Crippen molar-refractivity contribution < 1.29 is 74.2 Å². The van der Waals surface area contributed by atoms with Crippen LogP contribution in [0.2, 0.25) is 0 Å². The topological polar surface area (TPSA) is 258 Å². The zero-order valence-electron chi connectivity index (χ0n) is 25.2. The second-order valence-electron chi connectivity index (χ2n) is 10.8.